The number of rotatable bonds is 6. The molecule has 140 valence electrons. The van der Waals surface area contributed by atoms with Gasteiger partial charge in [-0.25, -0.2) is 9.67 Å². The predicted octanol–water partition coefficient (Wildman–Crippen LogP) is 3.83. The molecule has 0 unspecified atom stereocenters. The van der Waals surface area contributed by atoms with E-state index in [1.54, 1.807) is 29.0 Å². The van der Waals surface area contributed by atoms with Crippen molar-refractivity contribution in [1.82, 2.24) is 19.7 Å². The highest BCUT2D eigenvalue weighted by atomic mass is 35.5. The number of benzene rings is 2. The van der Waals surface area contributed by atoms with E-state index in [1.807, 2.05) is 50.2 Å². The first kappa shape index (κ1) is 18.9. The van der Waals surface area contributed by atoms with Crippen LogP contribution in [0.3, 0.4) is 0 Å². The van der Waals surface area contributed by atoms with Crippen LogP contribution in [0.4, 0.5) is 0 Å². The summed E-state index contributed by atoms with van der Waals surface area (Å²) in [4.78, 5) is 18.1. The number of aryl methyl sites for hydroxylation is 1. The van der Waals surface area contributed by atoms with Crippen LogP contribution in [0.15, 0.2) is 55.1 Å². The van der Waals surface area contributed by atoms with Gasteiger partial charge >= 0.3 is 0 Å². The number of carbonyl (C=O) groups excluding carboxylic acids is 1. The number of hydrogen-bond acceptors (Lipinski definition) is 4. The number of likely N-dealkylation sites (N-methyl/N-ethyl adjacent to an activating group) is 1. The van der Waals surface area contributed by atoms with Crippen molar-refractivity contribution in [1.29, 1.82) is 0 Å². The molecule has 0 fully saturated rings. The van der Waals surface area contributed by atoms with Gasteiger partial charge in [-0.2, -0.15) is 5.10 Å². The first-order valence-corrected chi connectivity index (χ1v) is 8.93. The van der Waals surface area contributed by atoms with Crippen molar-refractivity contribution in [3.8, 4) is 11.4 Å². The van der Waals surface area contributed by atoms with Gasteiger partial charge in [0, 0.05) is 7.05 Å². The van der Waals surface area contributed by atoms with E-state index in [4.69, 9.17) is 16.3 Å². The van der Waals surface area contributed by atoms with Crippen LogP contribution in [0.5, 0.6) is 5.75 Å². The molecule has 0 aliphatic rings. The molecule has 1 amide bonds. The van der Waals surface area contributed by atoms with Crippen LogP contribution in [-0.2, 0) is 4.79 Å². The first-order chi connectivity index (χ1) is 13.0. The van der Waals surface area contributed by atoms with Crippen LogP contribution >= 0.6 is 11.6 Å². The van der Waals surface area contributed by atoms with Crippen molar-refractivity contribution in [2.75, 3.05) is 13.7 Å². The fourth-order valence-corrected chi connectivity index (χ4v) is 2.82. The number of hydrogen-bond donors (Lipinski definition) is 0. The van der Waals surface area contributed by atoms with Gasteiger partial charge in [-0.05, 0) is 49.2 Å². The minimum Gasteiger partial charge on any atom is -0.482 e. The van der Waals surface area contributed by atoms with Gasteiger partial charge in [-0.3, -0.25) is 4.79 Å². The highest BCUT2D eigenvalue weighted by molar-refractivity contribution is 6.32. The maximum Gasteiger partial charge on any atom is 0.260 e. The van der Waals surface area contributed by atoms with Gasteiger partial charge in [0.2, 0.25) is 0 Å². The van der Waals surface area contributed by atoms with Crippen LogP contribution < -0.4 is 4.74 Å². The SMILES string of the molecule is Cc1ccc(Cl)c(OCC(=O)N(C)[C@@H](C)c2ccc(-n3cncn3)cc2)c1. The molecule has 0 spiro atoms. The fourth-order valence-electron chi connectivity index (χ4n) is 2.65. The van der Waals surface area contributed by atoms with E-state index in [0.29, 0.717) is 10.8 Å². The highest BCUT2D eigenvalue weighted by Crippen LogP contribution is 2.26. The zero-order valence-electron chi connectivity index (χ0n) is 15.5. The third-order valence-electron chi connectivity index (χ3n) is 4.47. The fraction of sp³-hybridized carbons (Fsp3) is 0.250. The average molecular weight is 385 g/mol. The van der Waals surface area contributed by atoms with Gasteiger partial charge in [-0.15, -0.1) is 0 Å². The molecule has 1 atom stereocenters. The molecule has 1 aromatic heterocycles. The monoisotopic (exact) mass is 384 g/mol. The molecule has 2 aromatic carbocycles. The van der Waals surface area contributed by atoms with E-state index in [2.05, 4.69) is 10.1 Å². The molecule has 27 heavy (non-hydrogen) atoms. The van der Waals surface area contributed by atoms with Crippen LogP contribution in [0.25, 0.3) is 5.69 Å². The first-order valence-electron chi connectivity index (χ1n) is 8.55. The van der Waals surface area contributed by atoms with Crippen LogP contribution in [0, 0.1) is 6.92 Å². The second-order valence-electron chi connectivity index (χ2n) is 6.33. The molecule has 6 nitrogen and oxygen atoms in total. The van der Waals surface area contributed by atoms with Crippen LogP contribution in [0.2, 0.25) is 5.02 Å². The number of carbonyl (C=O) groups is 1. The standard InChI is InChI=1S/C20H21ClN4O2/c1-14-4-9-18(21)19(10-14)27-11-20(26)24(3)15(2)16-5-7-17(8-6-16)25-13-22-12-23-25/h4-10,12-13,15H,11H2,1-3H3/t15-/m0/s1. The van der Waals surface area contributed by atoms with Crippen molar-refractivity contribution in [3.63, 3.8) is 0 Å². The van der Waals surface area contributed by atoms with Gasteiger partial charge in [0.1, 0.15) is 18.4 Å². The third-order valence-corrected chi connectivity index (χ3v) is 4.78. The van der Waals surface area contributed by atoms with E-state index < -0.39 is 0 Å². The number of ether oxygens (including phenoxy) is 1. The molecule has 0 aliphatic carbocycles. The molecule has 0 N–H and O–H groups in total. The quantitative estimate of drug-likeness (QED) is 0.648. The van der Waals surface area contributed by atoms with Crippen molar-refractivity contribution in [3.05, 3.63) is 71.3 Å². The minimum absolute atomic E-state index is 0.0684. The molecule has 0 bridgehead atoms. The van der Waals surface area contributed by atoms with Crippen LogP contribution in [-0.4, -0.2) is 39.2 Å². The largest absolute Gasteiger partial charge is 0.482 e. The molecule has 0 saturated heterocycles. The van der Waals surface area contributed by atoms with Gasteiger partial charge in [-0.1, -0.05) is 29.8 Å². The Morgan fingerprint density at radius 1 is 1.26 bits per heavy atom. The molecular formula is C20H21ClN4O2. The second kappa shape index (κ2) is 8.22. The van der Waals surface area contributed by atoms with E-state index in [1.165, 1.54) is 6.33 Å². The van der Waals surface area contributed by atoms with Crippen molar-refractivity contribution in [2.45, 2.75) is 19.9 Å². The summed E-state index contributed by atoms with van der Waals surface area (Å²) in [7, 11) is 1.76. The van der Waals surface area contributed by atoms with Gasteiger partial charge < -0.3 is 9.64 Å². The Morgan fingerprint density at radius 3 is 2.67 bits per heavy atom. The van der Waals surface area contributed by atoms with Gasteiger partial charge in [0.15, 0.2) is 6.61 Å². The Morgan fingerprint density at radius 2 is 2.00 bits per heavy atom. The van der Waals surface area contributed by atoms with Crippen molar-refractivity contribution < 1.29 is 9.53 Å². The van der Waals surface area contributed by atoms with E-state index in [0.717, 1.165) is 16.8 Å². The van der Waals surface area contributed by atoms with Gasteiger partial charge in [0.05, 0.1) is 16.8 Å². The smallest absolute Gasteiger partial charge is 0.260 e. The summed E-state index contributed by atoms with van der Waals surface area (Å²) in [6.07, 6.45) is 3.13. The number of amides is 1. The lowest BCUT2D eigenvalue weighted by Crippen LogP contribution is -2.33. The topological polar surface area (TPSA) is 60.2 Å². The summed E-state index contributed by atoms with van der Waals surface area (Å²) in [6.45, 7) is 3.85. The summed E-state index contributed by atoms with van der Waals surface area (Å²) >= 11 is 6.11. The molecule has 3 rings (SSSR count). The molecule has 0 saturated carbocycles. The predicted molar refractivity (Wildman–Crippen MR) is 104 cm³/mol. The Hall–Kier alpha value is -2.86. The molecule has 3 aromatic rings. The lowest BCUT2D eigenvalue weighted by molar-refractivity contribution is -0.134. The zero-order valence-corrected chi connectivity index (χ0v) is 16.2. The maximum absolute atomic E-state index is 12.5. The number of halogens is 1. The number of nitrogens with zero attached hydrogens (tertiary/aromatic N) is 4. The molecule has 0 aliphatic heterocycles. The summed E-state index contributed by atoms with van der Waals surface area (Å²) < 4.78 is 7.30. The lowest BCUT2D eigenvalue weighted by atomic mass is 10.1. The molecule has 7 heteroatoms. The summed E-state index contributed by atoms with van der Waals surface area (Å²) in [5.74, 6) is 0.392. The normalized spacial score (nSPS) is 11.9. The van der Waals surface area contributed by atoms with Crippen molar-refractivity contribution in [2.24, 2.45) is 0 Å². The Labute approximate surface area is 163 Å². The number of aromatic nitrogens is 3. The minimum atomic E-state index is -0.125. The highest BCUT2D eigenvalue weighted by Gasteiger charge is 2.18. The summed E-state index contributed by atoms with van der Waals surface area (Å²) in [5.41, 5.74) is 2.95. The summed E-state index contributed by atoms with van der Waals surface area (Å²) in [5, 5.41) is 4.60. The summed E-state index contributed by atoms with van der Waals surface area (Å²) in [6, 6.07) is 13.2. The molecule has 0 radical (unpaired) electrons. The Kier molecular flexibility index (Phi) is 5.76. The maximum atomic E-state index is 12.5. The zero-order chi connectivity index (χ0) is 19.4. The van der Waals surface area contributed by atoms with Gasteiger partial charge in [0.25, 0.3) is 5.91 Å². The molecule has 1 heterocycles. The lowest BCUT2D eigenvalue weighted by Gasteiger charge is -2.25. The van der Waals surface area contributed by atoms with E-state index in [-0.39, 0.29) is 18.6 Å². The van der Waals surface area contributed by atoms with Crippen molar-refractivity contribution >= 4 is 17.5 Å². The Balaban J connectivity index is 1.63. The van der Waals surface area contributed by atoms with E-state index >= 15 is 0 Å². The van der Waals surface area contributed by atoms with Crippen LogP contribution in [0.1, 0.15) is 24.1 Å². The second-order valence-corrected chi connectivity index (χ2v) is 6.74. The Bertz CT molecular complexity index is 910. The molecular weight excluding hydrogens is 364 g/mol. The average Bonchev–Trinajstić information content (AvgIpc) is 3.22. The van der Waals surface area contributed by atoms with E-state index in [9.17, 15) is 4.79 Å². The third kappa shape index (κ3) is 4.46.